The van der Waals surface area contributed by atoms with Crippen molar-refractivity contribution in [2.45, 2.75) is 32.6 Å². The number of nitrogens with zero attached hydrogens (tertiary/aromatic N) is 1. The van der Waals surface area contributed by atoms with Gasteiger partial charge in [-0.25, -0.2) is 0 Å². The third-order valence-electron chi connectivity index (χ3n) is 3.46. The van der Waals surface area contributed by atoms with Crippen LogP contribution in [0.15, 0.2) is 30.3 Å². The Morgan fingerprint density at radius 2 is 1.83 bits per heavy atom. The van der Waals surface area contributed by atoms with Crippen LogP contribution in [0.1, 0.15) is 32.8 Å². The predicted molar refractivity (Wildman–Crippen MR) is 80.1 cm³/mol. The molecule has 0 aliphatic rings. The van der Waals surface area contributed by atoms with E-state index >= 15 is 0 Å². The molecule has 0 saturated heterocycles. The van der Waals surface area contributed by atoms with E-state index in [-0.39, 0.29) is 5.41 Å². The van der Waals surface area contributed by atoms with Gasteiger partial charge in [-0.15, -0.1) is 0 Å². The molecule has 1 aromatic carbocycles. The first kappa shape index (κ1) is 15.2. The second kappa shape index (κ2) is 7.55. The molecule has 0 aliphatic carbocycles. The molecule has 2 nitrogen and oxygen atoms in total. The van der Waals surface area contributed by atoms with Crippen LogP contribution >= 0.6 is 0 Å². The summed E-state index contributed by atoms with van der Waals surface area (Å²) in [4.78, 5) is 2.43. The molecule has 102 valence electrons. The lowest BCUT2D eigenvalue weighted by Crippen LogP contribution is -2.44. The molecule has 2 heteroatoms. The summed E-state index contributed by atoms with van der Waals surface area (Å²) in [5, 5.41) is 3.51. The Morgan fingerprint density at radius 1 is 1.17 bits per heavy atom. The number of likely N-dealkylation sites (N-methyl/N-ethyl adjacent to an activating group) is 2. The van der Waals surface area contributed by atoms with Crippen LogP contribution in [0.3, 0.4) is 0 Å². The Morgan fingerprint density at radius 3 is 2.39 bits per heavy atom. The minimum absolute atomic E-state index is 0.182. The van der Waals surface area contributed by atoms with Gasteiger partial charge in [0.2, 0.25) is 0 Å². The largest absolute Gasteiger partial charge is 0.316 e. The third kappa shape index (κ3) is 4.43. The maximum atomic E-state index is 3.51. The second-order valence-electron chi connectivity index (χ2n) is 5.44. The topological polar surface area (TPSA) is 15.3 Å². The Hall–Kier alpha value is -0.860. The molecule has 1 unspecified atom stereocenters. The summed E-state index contributed by atoms with van der Waals surface area (Å²) in [6, 6.07) is 10.9. The Bertz CT molecular complexity index is 323. The van der Waals surface area contributed by atoms with Crippen LogP contribution in [0.2, 0.25) is 0 Å². The summed E-state index contributed by atoms with van der Waals surface area (Å²) >= 11 is 0. The fraction of sp³-hybridized carbons (Fsp3) is 0.625. The first-order valence-electron chi connectivity index (χ1n) is 7.07. The highest BCUT2D eigenvalue weighted by Crippen LogP contribution is 2.24. The second-order valence-corrected chi connectivity index (χ2v) is 5.44. The van der Waals surface area contributed by atoms with Crippen molar-refractivity contribution in [3.8, 4) is 0 Å². The maximum absolute atomic E-state index is 3.51. The molecule has 0 saturated carbocycles. The van der Waals surface area contributed by atoms with Crippen molar-refractivity contribution < 1.29 is 0 Å². The van der Waals surface area contributed by atoms with E-state index < -0.39 is 0 Å². The molecular formula is C16H28N2. The van der Waals surface area contributed by atoms with Crippen LogP contribution in [-0.2, 0) is 5.41 Å². The van der Waals surface area contributed by atoms with Gasteiger partial charge in [0.25, 0.3) is 0 Å². The van der Waals surface area contributed by atoms with Crippen molar-refractivity contribution in [2.24, 2.45) is 0 Å². The predicted octanol–water partition coefficient (Wildman–Crippen LogP) is 2.90. The Balaban J connectivity index is 2.81. The molecule has 0 fully saturated rings. The molecule has 0 bridgehead atoms. The van der Waals surface area contributed by atoms with Crippen molar-refractivity contribution in [1.82, 2.24) is 10.2 Å². The zero-order valence-corrected chi connectivity index (χ0v) is 12.4. The lowest BCUT2D eigenvalue weighted by atomic mass is 9.81. The molecule has 0 radical (unpaired) electrons. The normalized spacial score (nSPS) is 14.7. The van der Waals surface area contributed by atoms with E-state index in [2.05, 4.69) is 68.4 Å². The van der Waals surface area contributed by atoms with Crippen LogP contribution in [0.5, 0.6) is 0 Å². The van der Waals surface area contributed by atoms with Gasteiger partial charge in [0.05, 0.1) is 0 Å². The highest BCUT2D eigenvalue weighted by atomic mass is 15.1. The van der Waals surface area contributed by atoms with Crippen LogP contribution in [0.25, 0.3) is 0 Å². The van der Waals surface area contributed by atoms with Gasteiger partial charge in [-0.2, -0.15) is 0 Å². The van der Waals surface area contributed by atoms with Crippen molar-refractivity contribution in [3.05, 3.63) is 35.9 Å². The molecule has 0 aromatic heterocycles. The molecule has 0 spiro atoms. The van der Waals surface area contributed by atoms with Gasteiger partial charge in [-0.1, -0.05) is 51.1 Å². The minimum atomic E-state index is 0.182. The number of rotatable bonds is 8. The summed E-state index contributed by atoms with van der Waals surface area (Å²) in [5.41, 5.74) is 1.61. The molecule has 1 N–H and O–H groups in total. The Kier molecular flexibility index (Phi) is 6.37. The molecule has 1 rings (SSSR count). The lowest BCUT2D eigenvalue weighted by Gasteiger charge is -2.34. The SMILES string of the molecule is CCCN(C)CC(C)(CNCC)c1ccccc1. The quantitative estimate of drug-likeness (QED) is 0.761. The lowest BCUT2D eigenvalue weighted by molar-refractivity contribution is 0.250. The van der Waals surface area contributed by atoms with Gasteiger partial charge in [-0.05, 0) is 32.1 Å². The van der Waals surface area contributed by atoms with Gasteiger partial charge in [-0.3, -0.25) is 0 Å². The van der Waals surface area contributed by atoms with E-state index in [1.165, 1.54) is 12.0 Å². The number of hydrogen-bond acceptors (Lipinski definition) is 2. The van der Waals surface area contributed by atoms with E-state index in [4.69, 9.17) is 0 Å². The van der Waals surface area contributed by atoms with Crippen LogP contribution in [-0.4, -0.2) is 38.1 Å². The van der Waals surface area contributed by atoms with Gasteiger partial charge in [0.1, 0.15) is 0 Å². The standard InChI is InChI=1S/C16H28N2/c1-5-12-18(4)14-16(3,13-17-6-2)15-10-8-7-9-11-15/h7-11,17H,5-6,12-14H2,1-4H3. The van der Waals surface area contributed by atoms with Gasteiger partial charge >= 0.3 is 0 Å². The zero-order valence-electron chi connectivity index (χ0n) is 12.4. The maximum Gasteiger partial charge on any atom is 0.0176 e. The van der Waals surface area contributed by atoms with Gasteiger partial charge in [0, 0.05) is 18.5 Å². The van der Waals surface area contributed by atoms with Gasteiger partial charge < -0.3 is 10.2 Å². The molecule has 0 amide bonds. The van der Waals surface area contributed by atoms with Crippen molar-refractivity contribution in [2.75, 3.05) is 33.2 Å². The highest BCUT2D eigenvalue weighted by molar-refractivity contribution is 5.25. The van der Waals surface area contributed by atoms with Crippen molar-refractivity contribution in [1.29, 1.82) is 0 Å². The summed E-state index contributed by atoms with van der Waals surface area (Å²) < 4.78 is 0. The first-order valence-corrected chi connectivity index (χ1v) is 7.07. The van der Waals surface area contributed by atoms with E-state index in [1.807, 2.05) is 0 Å². The smallest absolute Gasteiger partial charge is 0.0176 e. The van der Waals surface area contributed by atoms with Crippen molar-refractivity contribution >= 4 is 0 Å². The minimum Gasteiger partial charge on any atom is -0.316 e. The molecule has 0 heterocycles. The Labute approximate surface area is 112 Å². The average Bonchev–Trinajstić information content (AvgIpc) is 2.38. The van der Waals surface area contributed by atoms with Gasteiger partial charge in [0.15, 0.2) is 0 Å². The number of benzene rings is 1. The zero-order chi connectivity index (χ0) is 13.4. The van der Waals surface area contributed by atoms with E-state index in [0.717, 1.165) is 26.2 Å². The average molecular weight is 248 g/mol. The summed E-state index contributed by atoms with van der Waals surface area (Å²) in [6.45, 7) is 11.1. The number of nitrogens with one attached hydrogen (secondary N) is 1. The summed E-state index contributed by atoms with van der Waals surface area (Å²) in [5.74, 6) is 0. The summed E-state index contributed by atoms with van der Waals surface area (Å²) in [6.07, 6.45) is 1.21. The molecule has 0 aliphatic heterocycles. The highest BCUT2D eigenvalue weighted by Gasteiger charge is 2.27. The fourth-order valence-corrected chi connectivity index (χ4v) is 2.55. The van der Waals surface area contributed by atoms with E-state index in [0.29, 0.717) is 0 Å². The first-order chi connectivity index (χ1) is 8.62. The van der Waals surface area contributed by atoms with Crippen LogP contribution < -0.4 is 5.32 Å². The summed E-state index contributed by atoms with van der Waals surface area (Å²) in [7, 11) is 2.22. The monoisotopic (exact) mass is 248 g/mol. The molecule has 1 atom stereocenters. The molecule has 1 aromatic rings. The third-order valence-corrected chi connectivity index (χ3v) is 3.46. The van der Waals surface area contributed by atoms with Crippen LogP contribution in [0, 0.1) is 0 Å². The van der Waals surface area contributed by atoms with E-state index in [9.17, 15) is 0 Å². The number of hydrogen-bond donors (Lipinski definition) is 1. The molecule has 18 heavy (non-hydrogen) atoms. The fourth-order valence-electron chi connectivity index (χ4n) is 2.55. The van der Waals surface area contributed by atoms with E-state index in [1.54, 1.807) is 0 Å². The van der Waals surface area contributed by atoms with Crippen molar-refractivity contribution in [3.63, 3.8) is 0 Å². The molecular weight excluding hydrogens is 220 g/mol. The van der Waals surface area contributed by atoms with Crippen LogP contribution in [0.4, 0.5) is 0 Å².